The fraction of sp³-hybridized carbons (Fsp3) is 0.609. The van der Waals surface area contributed by atoms with Gasteiger partial charge in [0.25, 0.3) is 0 Å². The summed E-state index contributed by atoms with van der Waals surface area (Å²) in [6, 6.07) is 6.04. The average molecular weight is 395 g/mol. The Morgan fingerprint density at radius 3 is 2.86 bits per heavy atom. The standard InChI is InChI=1S/C23H34N6/c1-19-16-26(12-13-28(19)21-6-3-2-4-7-21)17-20-8-11-29-22(14-20)23(15-25-29)27-10-5-9-24-18-27/h5,8,10-11,14-15,19,21,24H,2-4,6-7,9,12-13,16-18H2,1H3. The lowest BCUT2D eigenvalue weighted by Gasteiger charge is -2.45. The highest BCUT2D eigenvalue weighted by Gasteiger charge is 2.30. The van der Waals surface area contributed by atoms with Crippen molar-refractivity contribution in [1.82, 2.24) is 24.7 Å². The topological polar surface area (TPSA) is 39.1 Å². The molecule has 0 aromatic carbocycles. The van der Waals surface area contributed by atoms with Gasteiger partial charge in [0.15, 0.2) is 0 Å². The molecule has 156 valence electrons. The van der Waals surface area contributed by atoms with Crippen molar-refractivity contribution in [3.8, 4) is 0 Å². The van der Waals surface area contributed by atoms with Crippen LogP contribution in [0.15, 0.2) is 36.8 Å². The normalized spacial score (nSPS) is 25.1. The third-order valence-corrected chi connectivity index (χ3v) is 6.92. The van der Waals surface area contributed by atoms with Gasteiger partial charge in [0, 0.05) is 57.2 Å². The summed E-state index contributed by atoms with van der Waals surface area (Å²) in [5.41, 5.74) is 3.74. The Kier molecular flexibility index (Phi) is 5.57. The first-order valence-electron chi connectivity index (χ1n) is 11.4. The molecule has 3 aliphatic rings. The lowest BCUT2D eigenvalue weighted by atomic mass is 9.92. The maximum absolute atomic E-state index is 4.55. The van der Waals surface area contributed by atoms with Crippen LogP contribution in [0.3, 0.4) is 0 Å². The van der Waals surface area contributed by atoms with Crippen LogP contribution < -0.4 is 10.2 Å². The van der Waals surface area contributed by atoms with E-state index in [0.29, 0.717) is 6.04 Å². The molecule has 0 bridgehead atoms. The minimum absolute atomic E-state index is 0.658. The fourth-order valence-electron chi connectivity index (χ4n) is 5.40. The highest BCUT2D eigenvalue weighted by Crippen LogP contribution is 2.27. The molecule has 1 saturated carbocycles. The lowest BCUT2D eigenvalue weighted by Crippen LogP contribution is -2.55. The van der Waals surface area contributed by atoms with Crippen LogP contribution in [0.4, 0.5) is 5.69 Å². The summed E-state index contributed by atoms with van der Waals surface area (Å²) < 4.78 is 1.99. The van der Waals surface area contributed by atoms with Gasteiger partial charge in [0.2, 0.25) is 0 Å². The summed E-state index contributed by atoms with van der Waals surface area (Å²) >= 11 is 0. The van der Waals surface area contributed by atoms with Crippen LogP contribution in [0.5, 0.6) is 0 Å². The van der Waals surface area contributed by atoms with E-state index in [2.05, 4.69) is 62.6 Å². The maximum Gasteiger partial charge on any atom is 0.0902 e. The van der Waals surface area contributed by atoms with Crippen LogP contribution in [0.2, 0.25) is 0 Å². The Bertz CT molecular complexity index is 852. The number of pyridine rings is 1. The van der Waals surface area contributed by atoms with Crippen molar-refractivity contribution < 1.29 is 0 Å². The van der Waals surface area contributed by atoms with E-state index < -0.39 is 0 Å². The molecular formula is C23H34N6. The zero-order valence-electron chi connectivity index (χ0n) is 17.6. The summed E-state index contributed by atoms with van der Waals surface area (Å²) in [5, 5.41) is 7.94. The molecule has 1 unspecified atom stereocenters. The van der Waals surface area contributed by atoms with Gasteiger partial charge in [-0.15, -0.1) is 0 Å². The van der Waals surface area contributed by atoms with Gasteiger partial charge in [0.1, 0.15) is 0 Å². The van der Waals surface area contributed by atoms with Crippen LogP contribution >= 0.6 is 0 Å². The van der Waals surface area contributed by atoms with Crippen LogP contribution in [0, 0.1) is 0 Å². The largest absolute Gasteiger partial charge is 0.332 e. The second kappa shape index (κ2) is 8.46. The van der Waals surface area contributed by atoms with Gasteiger partial charge in [-0.05, 0) is 37.5 Å². The first-order chi connectivity index (χ1) is 14.3. The quantitative estimate of drug-likeness (QED) is 0.863. The first-order valence-corrected chi connectivity index (χ1v) is 11.4. The van der Waals surface area contributed by atoms with Gasteiger partial charge in [0.05, 0.1) is 24.1 Å². The Balaban J connectivity index is 1.27. The van der Waals surface area contributed by atoms with E-state index in [0.717, 1.165) is 25.8 Å². The smallest absolute Gasteiger partial charge is 0.0902 e. The van der Waals surface area contributed by atoms with Crippen molar-refractivity contribution in [1.29, 1.82) is 0 Å². The lowest BCUT2D eigenvalue weighted by molar-refractivity contribution is 0.0321. The Labute approximate surface area is 174 Å². The van der Waals surface area contributed by atoms with E-state index >= 15 is 0 Å². The van der Waals surface area contributed by atoms with Crippen LogP contribution in [-0.4, -0.2) is 64.3 Å². The highest BCUT2D eigenvalue weighted by molar-refractivity contribution is 5.74. The van der Waals surface area contributed by atoms with E-state index in [-0.39, 0.29) is 0 Å². The number of aromatic nitrogens is 2. The van der Waals surface area contributed by atoms with Gasteiger partial charge in [-0.1, -0.05) is 25.3 Å². The number of hydrogen-bond donors (Lipinski definition) is 1. The molecule has 1 atom stereocenters. The summed E-state index contributed by atoms with van der Waals surface area (Å²) in [6.07, 6.45) is 15.5. The Hall–Kier alpha value is -1.89. The maximum atomic E-state index is 4.55. The molecule has 0 radical (unpaired) electrons. The highest BCUT2D eigenvalue weighted by atomic mass is 15.3. The second-order valence-electron chi connectivity index (χ2n) is 8.98. The predicted octanol–water partition coefficient (Wildman–Crippen LogP) is 3.05. The van der Waals surface area contributed by atoms with Gasteiger partial charge >= 0.3 is 0 Å². The van der Waals surface area contributed by atoms with Crippen molar-refractivity contribution in [2.45, 2.75) is 57.7 Å². The van der Waals surface area contributed by atoms with E-state index in [4.69, 9.17) is 0 Å². The summed E-state index contributed by atoms with van der Waals surface area (Å²) in [4.78, 5) is 7.67. The number of nitrogens with one attached hydrogen (secondary N) is 1. The van der Waals surface area contributed by atoms with Crippen molar-refractivity contribution in [3.63, 3.8) is 0 Å². The van der Waals surface area contributed by atoms with Crippen molar-refractivity contribution >= 4 is 11.2 Å². The number of hydrogen-bond acceptors (Lipinski definition) is 5. The van der Waals surface area contributed by atoms with Crippen molar-refractivity contribution in [2.24, 2.45) is 0 Å². The van der Waals surface area contributed by atoms with Crippen LogP contribution in [0.25, 0.3) is 5.52 Å². The molecule has 29 heavy (non-hydrogen) atoms. The van der Waals surface area contributed by atoms with Crippen LogP contribution in [-0.2, 0) is 6.54 Å². The molecule has 0 amide bonds. The van der Waals surface area contributed by atoms with Crippen LogP contribution in [0.1, 0.15) is 44.6 Å². The number of nitrogens with zero attached hydrogens (tertiary/aromatic N) is 5. The molecule has 5 rings (SSSR count). The molecule has 2 aromatic rings. The molecule has 2 aliphatic heterocycles. The molecule has 1 N–H and O–H groups in total. The van der Waals surface area contributed by atoms with Crippen molar-refractivity contribution in [2.75, 3.05) is 37.7 Å². The Morgan fingerprint density at radius 2 is 2.07 bits per heavy atom. The minimum Gasteiger partial charge on any atom is -0.332 e. The summed E-state index contributed by atoms with van der Waals surface area (Å²) in [5.74, 6) is 0. The minimum atomic E-state index is 0.658. The van der Waals surface area contributed by atoms with Gasteiger partial charge < -0.3 is 4.90 Å². The summed E-state index contributed by atoms with van der Waals surface area (Å²) in [7, 11) is 0. The molecule has 1 aliphatic carbocycles. The zero-order valence-corrected chi connectivity index (χ0v) is 17.6. The van der Waals surface area contributed by atoms with Gasteiger partial charge in [-0.25, -0.2) is 4.52 Å². The number of rotatable bonds is 4. The SMILES string of the molecule is CC1CN(Cc2ccn3ncc(N4C=CCNC4)c3c2)CCN1C1CCCCC1. The molecule has 2 fully saturated rings. The van der Waals surface area contributed by atoms with Crippen molar-refractivity contribution in [3.05, 3.63) is 42.4 Å². The average Bonchev–Trinajstić information content (AvgIpc) is 3.18. The van der Waals surface area contributed by atoms with E-state index in [1.165, 1.54) is 68.5 Å². The molecule has 0 spiro atoms. The monoisotopic (exact) mass is 394 g/mol. The molecule has 6 nitrogen and oxygen atoms in total. The van der Waals surface area contributed by atoms with E-state index in [1.807, 2.05) is 10.7 Å². The number of fused-ring (bicyclic) bond motifs is 1. The van der Waals surface area contributed by atoms with Gasteiger partial charge in [-0.2, -0.15) is 5.10 Å². The second-order valence-corrected chi connectivity index (χ2v) is 8.98. The predicted molar refractivity (Wildman–Crippen MR) is 118 cm³/mol. The molecule has 4 heterocycles. The van der Waals surface area contributed by atoms with Gasteiger partial charge in [-0.3, -0.25) is 15.1 Å². The third kappa shape index (κ3) is 4.06. The number of piperazine rings is 1. The Morgan fingerprint density at radius 1 is 1.17 bits per heavy atom. The molecular weight excluding hydrogens is 360 g/mol. The fourth-order valence-corrected chi connectivity index (χ4v) is 5.40. The van der Waals surface area contributed by atoms with E-state index in [9.17, 15) is 0 Å². The zero-order chi connectivity index (χ0) is 19.6. The summed E-state index contributed by atoms with van der Waals surface area (Å²) in [6.45, 7) is 8.79. The molecule has 1 saturated heterocycles. The number of anilines is 1. The van der Waals surface area contributed by atoms with E-state index in [1.54, 1.807) is 0 Å². The molecule has 6 heteroatoms. The molecule has 2 aromatic heterocycles. The third-order valence-electron chi connectivity index (χ3n) is 6.92. The first kappa shape index (κ1) is 19.1.